The van der Waals surface area contributed by atoms with E-state index < -0.39 is 29.2 Å². The topological polar surface area (TPSA) is 81.2 Å². The summed E-state index contributed by atoms with van der Waals surface area (Å²) >= 11 is 0. The van der Waals surface area contributed by atoms with Gasteiger partial charge >= 0.3 is 6.18 Å². The van der Waals surface area contributed by atoms with Crippen LogP contribution in [0.25, 0.3) is 0 Å². The van der Waals surface area contributed by atoms with Crippen molar-refractivity contribution in [3.8, 4) is 0 Å². The molecule has 0 unspecified atom stereocenters. The number of nitrogen functional groups attached to an aromatic ring is 1. The number of aromatic nitrogens is 2. The molecular weight excluding hydrogens is 285 g/mol. The molecule has 0 atom stereocenters. The van der Waals surface area contributed by atoms with Crippen LogP contribution < -0.4 is 5.73 Å². The molecule has 0 aromatic carbocycles. The van der Waals surface area contributed by atoms with E-state index in [1.165, 1.54) is 18.7 Å². The van der Waals surface area contributed by atoms with E-state index in [1.807, 2.05) is 0 Å². The number of anilines is 1. The molecule has 1 aromatic rings. The molecule has 0 fully saturated rings. The monoisotopic (exact) mass is 300 g/mol. The fraction of sp³-hybridized carbons (Fsp3) is 0.667. The average Bonchev–Trinajstić information content (AvgIpc) is 2.48. The Morgan fingerprint density at radius 3 is 2.32 bits per heavy atom. The van der Waals surface area contributed by atoms with Gasteiger partial charge in [-0.1, -0.05) is 0 Å². The number of nitrogens with two attached hydrogens (primary N) is 1. The van der Waals surface area contributed by atoms with Gasteiger partial charge < -0.3 is 5.73 Å². The molecule has 6 nitrogen and oxygen atoms in total. The minimum atomic E-state index is -4.42. The van der Waals surface area contributed by atoms with Gasteiger partial charge in [-0.2, -0.15) is 18.3 Å². The molecule has 0 bridgehead atoms. The number of hydrogen-bond acceptors (Lipinski definition) is 4. The van der Waals surface area contributed by atoms with Crippen LogP contribution in [-0.2, 0) is 17.1 Å². The molecule has 0 aliphatic carbocycles. The average molecular weight is 300 g/mol. The van der Waals surface area contributed by atoms with Crippen LogP contribution in [0.15, 0.2) is 4.90 Å². The van der Waals surface area contributed by atoms with E-state index in [4.69, 9.17) is 5.73 Å². The highest BCUT2D eigenvalue weighted by Gasteiger charge is 2.33. The lowest BCUT2D eigenvalue weighted by Gasteiger charge is -2.18. The Morgan fingerprint density at radius 2 is 1.95 bits per heavy atom. The maximum absolute atomic E-state index is 12.1. The Kier molecular flexibility index (Phi) is 4.15. The number of nitrogens with zero attached hydrogens (tertiary/aromatic N) is 3. The van der Waals surface area contributed by atoms with Gasteiger partial charge in [0.05, 0.1) is 12.1 Å². The molecule has 110 valence electrons. The van der Waals surface area contributed by atoms with E-state index in [9.17, 15) is 21.6 Å². The first kappa shape index (κ1) is 15.8. The number of hydrogen-bond donors (Lipinski definition) is 1. The molecular formula is C9H15F3N4O2S. The van der Waals surface area contributed by atoms with Gasteiger partial charge in [0.15, 0.2) is 5.82 Å². The summed E-state index contributed by atoms with van der Waals surface area (Å²) in [4.78, 5) is -0.250. The Balaban J connectivity index is 3.04. The van der Waals surface area contributed by atoms with Crippen molar-refractivity contribution in [1.82, 2.24) is 14.1 Å². The first-order chi connectivity index (χ1) is 8.47. The van der Waals surface area contributed by atoms with Crippen LogP contribution in [0.4, 0.5) is 19.0 Å². The minimum Gasteiger partial charge on any atom is -0.381 e. The van der Waals surface area contributed by atoms with E-state index in [2.05, 4.69) is 5.10 Å². The lowest BCUT2D eigenvalue weighted by molar-refractivity contribution is -0.135. The molecule has 0 amide bonds. The fourth-order valence-electron chi connectivity index (χ4n) is 1.49. The standard InChI is InChI=1S/C9H15F3N4O2S/c1-6-7(8(13)14-16(6)3)19(17,18)15(2)5-4-9(10,11)12/h4-5H2,1-3H3,(H2,13,14). The highest BCUT2D eigenvalue weighted by molar-refractivity contribution is 7.89. The molecule has 1 aromatic heterocycles. The van der Waals surface area contributed by atoms with Gasteiger partial charge in [0.1, 0.15) is 4.90 Å². The van der Waals surface area contributed by atoms with Crippen LogP contribution in [0.2, 0.25) is 0 Å². The summed E-state index contributed by atoms with van der Waals surface area (Å²) in [6.45, 7) is 0.813. The molecule has 0 spiro atoms. The van der Waals surface area contributed by atoms with Crippen molar-refractivity contribution in [3.63, 3.8) is 0 Å². The highest BCUT2D eigenvalue weighted by Crippen LogP contribution is 2.26. The first-order valence-corrected chi connectivity index (χ1v) is 6.73. The molecule has 1 heterocycles. The number of aryl methyl sites for hydroxylation is 1. The number of alkyl halides is 3. The molecule has 2 N–H and O–H groups in total. The first-order valence-electron chi connectivity index (χ1n) is 5.29. The number of sulfonamides is 1. The second-order valence-corrected chi connectivity index (χ2v) is 6.10. The molecule has 0 saturated carbocycles. The van der Waals surface area contributed by atoms with E-state index in [0.29, 0.717) is 4.31 Å². The van der Waals surface area contributed by atoms with E-state index >= 15 is 0 Å². The van der Waals surface area contributed by atoms with Crippen LogP contribution in [0.1, 0.15) is 12.1 Å². The van der Waals surface area contributed by atoms with Gasteiger partial charge in [0, 0.05) is 20.6 Å². The van der Waals surface area contributed by atoms with Crippen LogP contribution in [0.5, 0.6) is 0 Å². The van der Waals surface area contributed by atoms with Crippen molar-refractivity contribution in [1.29, 1.82) is 0 Å². The Hall–Kier alpha value is -1.29. The zero-order valence-corrected chi connectivity index (χ0v) is 11.5. The SMILES string of the molecule is Cc1c(S(=O)(=O)N(C)CCC(F)(F)F)c(N)nn1C. The molecule has 1 rings (SSSR count). The third-order valence-corrected chi connectivity index (χ3v) is 4.71. The summed E-state index contributed by atoms with van der Waals surface area (Å²) in [6.07, 6.45) is -5.64. The third-order valence-electron chi connectivity index (χ3n) is 2.68. The molecule has 0 aliphatic heterocycles. The lowest BCUT2D eigenvalue weighted by atomic mass is 10.4. The van der Waals surface area contributed by atoms with Crippen molar-refractivity contribution in [3.05, 3.63) is 5.69 Å². The normalized spacial score (nSPS) is 13.2. The summed E-state index contributed by atoms with van der Waals surface area (Å²) in [6, 6.07) is 0. The summed E-state index contributed by atoms with van der Waals surface area (Å²) < 4.78 is 62.5. The van der Waals surface area contributed by atoms with Crippen LogP contribution in [0, 0.1) is 6.92 Å². The van der Waals surface area contributed by atoms with Crippen LogP contribution >= 0.6 is 0 Å². The Labute approximate surface area is 109 Å². The zero-order valence-electron chi connectivity index (χ0n) is 10.7. The van der Waals surface area contributed by atoms with E-state index in [1.54, 1.807) is 0 Å². The van der Waals surface area contributed by atoms with E-state index in [0.717, 1.165) is 7.05 Å². The summed E-state index contributed by atoms with van der Waals surface area (Å²) in [5, 5.41) is 3.73. The third kappa shape index (κ3) is 3.38. The van der Waals surface area contributed by atoms with E-state index in [-0.39, 0.29) is 16.4 Å². The predicted octanol–water partition coefficient (Wildman–Crippen LogP) is 0.884. The van der Waals surface area contributed by atoms with Gasteiger partial charge in [-0.3, -0.25) is 4.68 Å². The fourth-order valence-corrected chi connectivity index (χ4v) is 2.95. The summed E-state index contributed by atoms with van der Waals surface area (Å²) in [5.41, 5.74) is 5.76. The van der Waals surface area contributed by atoms with Crippen molar-refractivity contribution in [2.24, 2.45) is 7.05 Å². The van der Waals surface area contributed by atoms with Crippen molar-refractivity contribution >= 4 is 15.8 Å². The molecule has 0 saturated heterocycles. The molecule has 0 radical (unpaired) electrons. The van der Waals surface area contributed by atoms with Crippen LogP contribution in [0.3, 0.4) is 0 Å². The highest BCUT2D eigenvalue weighted by atomic mass is 32.2. The van der Waals surface area contributed by atoms with Gasteiger partial charge in [0.2, 0.25) is 10.0 Å². The summed E-state index contributed by atoms with van der Waals surface area (Å²) in [5.74, 6) is -0.223. The maximum atomic E-state index is 12.1. The van der Waals surface area contributed by atoms with Gasteiger partial charge in [0.25, 0.3) is 0 Å². The smallest absolute Gasteiger partial charge is 0.381 e. The lowest BCUT2D eigenvalue weighted by Crippen LogP contribution is -2.31. The van der Waals surface area contributed by atoms with Crippen LogP contribution in [-0.4, -0.2) is 42.3 Å². The van der Waals surface area contributed by atoms with Crippen molar-refractivity contribution < 1.29 is 21.6 Å². The summed E-state index contributed by atoms with van der Waals surface area (Å²) in [7, 11) is -1.50. The van der Waals surface area contributed by atoms with Gasteiger partial charge in [-0.05, 0) is 6.92 Å². The quantitative estimate of drug-likeness (QED) is 0.895. The molecule has 10 heteroatoms. The zero-order chi connectivity index (χ0) is 15.0. The second-order valence-electron chi connectivity index (χ2n) is 4.12. The Bertz CT molecular complexity index is 565. The number of halogens is 3. The largest absolute Gasteiger partial charge is 0.390 e. The second kappa shape index (κ2) is 5.00. The molecule has 0 aliphatic rings. The van der Waals surface area contributed by atoms with Gasteiger partial charge in [-0.25, -0.2) is 12.7 Å². The Morgan fingerprint density at radius 1 is 1.42 bits per heavy atom. The minimum absolute atomic E-state index is 0.223. The predicted molar refractivity (Wildman–Crippen MR) is 62.8 cm³/mol. The maximum Gasteiger partial charge on any atom is 0.390 e. The van der Waals surface area contributed by atoms with Gasteiger partial charge in [-0.15, -0.1) is 0 Å². The van der Waals surface area contributed by atoms with Crippen molar-refractivity contribution in [2.45, 2.75) is 24.4 Å². The van der Waals surface area contributed by atoms with Crippen molar-refractivity contribution in [2.75, 3.05) is 19.3 Å². The molecule has 19 heavy (non-hydrogen) atoms. The number of rotatable bonds is 4.